The second-order valence-electron chi connectivity index (χ2n) is 25.0. The molecule has 12 rings (SSSR count). The molecule has 0 spiro atoms. The molecule has 0 bridgehead atoms. The largest absolute Gasteiger partial charge is 0.294 e. The number of nitrogens with zero attached hydrogens (tertiary/aromatic N) is 2. The fourth-order valence-electron chi connectivity index (χ4n) is 21.0. The molecule has 2 heteroatoms. The zero-order valence-electron chi connectivity index (χ0n) is 37.2. The predicted molar refractivity (Wildman–Crippen MR) is 237 cm³/mol. The summed E-state index contributed by atoms with van der Waals surface area (Å²) in [5.41, 5.74) is 0. The maximum atomic E-state index is 3.45. The highest BCUT2D eigenvalue weighted by molar-refractivity contribution is 5.11. The van der Waals surface area contributed by atoms with Crippen LogP contribution in [0.1, 0.15) is 225 Å². The van der Waals surface area contributed by atoms with Crippen LogP contribution < -0.4 is 0 Å². The molecule has 0 N–H and O–H groups in total. The third-order valence-electron chi connectivity index (χ3n) is 23.0. The van der Waals surface area contributed by atoms with Crippen LogP contribution >= 0.6 is 0 Å². The summed E-state index contributed by atoms with van der Waals surface area (Å²) in [6.07, 6.45) is 55.4. The van der Waals surface area contributed by atoms with Crippen molar-refractivity contribution in [3.05, 3.63) is 0 Å². The molecular formula is C55H90N2. The van der Waals surface area contributed by atoms with Crippen molar-refractivity contribution in [3.63, 3.8) is 0 Å². The van der Waals surface area contributed by atoms with E-state index in [1.54, 1.807) is 212 Å². The molecule has 12 aliphatic rings. The molecule has 2 nitrogen and oxygen atoms in total. The van der Waals surface area contributed by atoms with Crippen LogP contribution in [0.3, 0.4) is 0 Å². The van der Waals surface area contributed by atoms with Crippen molar-refractivity contribution in [2.24, 2.45) is 82.9 Å². The second-order valence-corrected chi connectivity index (χ2v) is 25.0. The Bertz CT molecular complexity index is 1320. The van der Waals surface area contributed by atoms with Crippen molar-refractivity contribution in [2.75, 3.05) is 0 Å². The van der Waals surface area contributed by atoms with Crippen molar-refractivity contribution >= 4 is 0 Å². The van der Waals surface area contributed by atoms with Gasteiger partial charge in [0.05, 0.1) is 0 Å². The molecule has 57 heavy (non-hydrogen) atoms. The van der Waals surface area contributed by atoms with E-state index < -0.39 is 0 Å². The number of likely N-dealkylation sites (tertiary alicyclic amines) is 2. The molecule has 17 atom stereocenters. The Hall–Kier alpha value is -0.0800. The van der Waals surface area contributed by atoms with Crippen molar-refractivity contribution in [1.82, 2.24) is 9.80 Å². The van der Waals surface area contributed by atoms with E-state index in [1.807, 2.05) is 0 Å². The zero-order chi connectivity index (χ0) is 37.5. The monoisotopic (exact) mass is 779 g/mol. The molecule has 10 saturated carbocycles. The fourth-order valence-corrected chi connectivity index (χ4v) is 21.0. The van der Waals surface area contributed by atoms with Crippen LogP contribution in [-0.4, -0.2) is 46.1 Å². The molecule has 0 radical (unpaired) electrons. The van der Waals surface area contributed by atoms with E-state index in [-0.39, 0.29) is 0 Å². The molecule has 12 fully saturated rings. The molecule has 2 saturated heterocycles. The first-order chi connectivity index (χ1) is 28.2. The first-order valence-electron chi connectivity index (χ1n) is 27.8. The van der Waals surface area contributed by atoms with Crippen LogP contribution in [0.15, 0.2) is 0 Å². The van der Waals surface area contributed by atoms with E-state index in [2.05, 4.69) is 9.80 Å². The van der Waals surface area contributed by atoms with Gasteiger partial charge in [-0.25, -0.2) is 0 Å². The molecule has 320 valence electrons. The number of fused-ring (bicyclic) bond motifs is 9. The molecule has 0 aromatic heterocycles. The summed E-state index contributed by atoms with van der Waals surface area (Å²) in [6.45, 7) is 0. The van der Waals surface area contributed by atoms with Crippen LogP contribution in [0.5, 0.6) is 0 Å². The Morgan fingerprint density at radius 3 is 1.39 bits per heavy atom. The summed E-state index contributed by atoms with van der Waals surface area (Å²) >= 11 is 0. The minimum atomic E-state index is 0.944. The Balaban J connectivity index is 0.767. The number of hydrogen-bond acceptors (Lipinski definition) is 2. The topological polar surface area (TPSA) is 6.48 Å². The Labute approximate surface area is 352 Å². The average Bonchev–Trinajstić information content (AvgIpc) is 3.94. The molecule has 2 heterocycles. The third kappa shape index (κ3) is 7.04. The highest BCUT2D eigenvalue weighted by atomic mass is 15.3. The van der Waals surface area contributed by atoms with E-state index in [9.17, 15) is 0 Å². The third-order valence-corrected chi connectivity index (χ3v) is 23.0. The average molecular weight is 779 g/mol. The molecule has 17 unspecified atom stereocenters. The van der Waals surface area contributed by atoms with Crippen LogP contribution in [0.2, 0.25) is 0 Å². The molecule has 2 aliphatic heterocycles. The van der Waals surface area contributed by atoms with E-state index >= 15 is 0 Å². The standard InChI is InChI=1S/C55H90N2/c1-3-13-36(14-4-1)42-30-43(37-15-5-2-6-16-37)32-45(31-42)57-53-22-12-10-20-48(53)51-33-38(25-28-54(51)57)39-24-27-49-47-19-9-11-21-52(47)56(55(49)34-39)44-26-23-41-29-40-17-7-8-18-46(40)50(41)35-44/h36-55H,1-35H2. The lowest BCUT2D eigenvalue weighted by molar-refractivity contribution is -0.00793. The molecule has 10 aliphatic carbocycles. The lowest BCUT2D eigenvalue weighted by Gasteiger charge is -2.50. The summed E-state index contributed by atoms with van der Waals surface area (Å²) < 4.78 is 0. The summed E-state index contributed by atoms with van der Waals surface area (Å²) in [6, 6.07) is 5.78. The van der Waals surface area contributed by atoms with Crippen LogP contribution in [0.4, 0.5) is 0 Å². The van der Waals surface area contributed by atoms with Gasteiger partial charge < -0.3 is 0 Å². The summed E-state index contributed by atoms with van der Waals surface area (Å²) in [7, 11) is 0. The maximum absolute atomic E-state index is 3.45. The van der Waals surface area contributed by atoms with Gasteiger partial charge in [-0.1, -0.05) is 109 Å². The Morgan fingerprint density at radius 2 is 0.667 bits per heavy atom. The van der Waals surface area contributed by atoms with Crippen molar-refractivity contribution in [2.45, 2.75) is 261 Å². The van der Waals surface area contributed by atoms with E-state index in [1.165, 1.54) is 12.8 Å². The summed E-state index contributed by atoms with van der Waals surface area (Å²) in [5, 5.41) is 0. The highest BCUT2D eigenvalue weighted by Crippen LogP contribution is 2.61. The zero-order valence-corrected chi connectivity index (χ0v) is 37.2. The Morgan fingerprint density at radius 1 is 0.193 bits per heavy atom. The maximum Gasteiger partial charge on any atom is 0.0135 e. The second kappa shape index (κ2) is 16.6. The molecular weight excluding hydrogens is 689 g/mol. The van der Waals surface area contributed by atoms with Crippen molar-refractivity contribution in [3.8, 4) is 0 Å². The quantitative estimate of drug-likeness (QED) is 0.274. The van der Waals surface area contributed by atoms with Gasteiger partial charge in [0, 0.05) is 36.3 Å². The van der Waals surface area contributed by atoms with Gasteiger partial charge in [-0.15, -0.1) is 0 Å². The predicted octanol–water partition coefficient (Wildman–Crippen LogP) is 14.2. The lowest BCUT2D eigenvalue weighted by Crippen LogP contribution is -2.52. The van der Waals surface area contributed by atoms with Gasteiger partial charge >= 0.3 is 0 Å². The molecule has 0 aromatic rings. The molecule has 0 amide bonds. The van der Waals surface area contributed by atoms with Crippen molar-refractivity contribution < 1.29 is 0 Å². The van der Waals surface area contributed by atoms with Crippen LogP contribution in [0, 0.1) is 82.9 Å². The first kappa shape index (κ1) is 38.6. The lowest BCUT2D eigenvalue weighted by atomic mass is 9.62. The van der Waals surface area contributed by atoms with Gasteiger partial charge in [-0.3, -0.25) is 9.80 Å². The normalized spacial score (nSPS) is 52.6. The summed E-state index contributed by atoms with van der Waals surface area (Å²) in [4.78, 5) is 6.88. The highest BCUT2D eigenvalue weighted by Gasteiger charge is 2.58. The van der Waals surface area contributed by atoms with Gasteiger partial charge in [0.1, 0.15) is 0 Å². The van der Waals surface area contributed by atoms with Gasteiger partial charge in [-0.2, -0.15) is 0 Å². The van der Waals surface area contributed by atoms with E-state index in [4.69, 9.17) is 0 Å². The minimum absolute atomic E-state index is 0.944. The van der Waals surface area contributed by atoms with Gasteiger partial charge in [0.25, 0.3) is 0 Å². The first-order valence-corrected chi connectivity index (χ1v) is 27.8. The SMILES string of the molecule is C1CCC(C2CC(C3CCCCC3)CC(N3C4CCCCC4C4CC(C5CCC6C7CCCCC7N(C7CCC8CC9CCCCC9C8C7)C6C5)CCC43)C2)CC1. The van der Waals surface area contributed by atoms with Gasteiger partial charge in [0.15, 0.2) is 0 Å². The smallest absolute Gasteiger partial charge is 0.0135 e. The number of hydrogen-bond donors (Lipinski definition) is 0. The fraction of sp³-hybridized carbons (Fsp3) is 1.00. The van der Waals surface area contributed by atoms with E-state index in [0.29, 0.717) is 0 Å². The van der Waals surface area contributed by atoms with E-state index in [0.717, 1.165) is 119 Å². The molecule has 0 aromatic carbocycles. The number of rotatable bonds is 5. The Kier molecular flexibility index (Phi) is 11.2. The van der Waals surface area contributed by atoms with Crippen molar-refractivity contribution in [1.29, 1.82) is 0 Å². The minimum Gasteiger partial charge on any atom is -0.294 e. The summed E-state index contributed by atoms with van der Waals surface area (Å²) in [5.74, 6) is 15.1. The van der Waals surface area contributed by atoms with Crippen LogP contribution in [-0.2, 0) is 0 Å². The van der Waals surface area contributed by atoms with Crippen LogP contribution in [0.25, 0.3) is 0 Å². The van der Waals surface area contributed by atoms with Gasteiger partial charge in [-0.05, 0) is 198 Å². The van der Waals surface area contributed by atoms with Gasteiger partial charge in [0.2, 0.25) is 0 Å².